The number of halogens is 1. The van der Waals surface area contributed by atoms with E-state index in [4.69, 9.17) is 0 Å². The second kappa shape index (κ2) is 6.11. The van der Waals surface area contributed by atoms with Crippen LogP contribution < -0.4 is 5.69 Å². The molecule has 0 saturated carbocycles. The normalized spacial score (nSPS) is 17.2. The van der Waals surface area contributed by atoms with Gasteiger partial charge in [-0.25, -0.2) is 14.2 Å². The van der Waals surface area contributed by atoms with Crippen LogP contribution in [-0.2, 0) is 12.8 Å². The third kappa shape index (κ3) is 2.87. The zero-order chi connectivity index (χ0) is 17.6. The maximum atomic E-state index is 14.1. The Morgan fingerprint density at radius 1 is 1.36 bits per heavy atom. The summed E-state index contributed by atoms with van der Waals surface area (Å²) >= 11 is 0. The number of benzene rings is 1. The highest BCUT2D eigenvalue weighted by Crippen LogP contribution is 2.29. The Bertz CT molecular complexity index is 989. The van der Waals surface area contributed by atoms with Crippen molar-refractivity contribution in [3.8, 4) is 11.3 Å². The van der Waals surface area contributed by atoms with Crippen LogP contribution in [0.5, 0.6) is 0 Å². The first kappa shape index (κ1) is 16.0. The third-order valence-electron chi connectivity index (χ3n) is 4.89. The van der Waals surface area contributed by atoms with Gasteiger partial charge in [-0.2, -0.15) is 0 Å². The lowest BCUT2D eigenvalue weighted by Gasteiger charge is -2.26. The number of hydrogen-bond donors (Lipinski definition) is 1. The first-order chi connectivity index (χ1) is 12.0. The van der Waals surface area contributed by atoms with Gasteiger partial charge in [0, 0.05) is 29.6 Å². The fourth-order valence-corrected chi connectivity index (χ4v) is 3.79. The summed E-state index contributed by atoms with van der Waals surface area (Å²) in [5, 5.41) is 0. The van der Waals surface area contributed by atoms with Crippen LogP contribution in [0.2, 0.25) is 0 Å². The number of nitrogens with zero attached hydrogens (tertiary/aromatic N) is 3. The molecule has 6 heteroatoms. The molecule has 0 amide bonds. The van der Waals surface area contributed by atoms with Crippen LogP contribution in [-0.4, -0.2) is 39.9 Å². The van der Waals surface area contributed by atoms with E-state index >= 15 is 0 Å². The summed E-state index contributed by atoms with van der Waals surface area (Å²) in [6.07, 6.45) is 4.41. The first-order valence-electron chi connectivity index (χ1n) is 8.55. The number of rotatable bonds is 3. The van der Waals surface area contributed by atoms with Gasteiger partial charge in [0.05, 0.1) is 5.69 Å². The Morgan fingerprint density at radius 2 is 2.16 bits per heavy atom. The molecule has 0 aliphatic heterocycles. The molecule has 1 aromatic carbocycles. The maximum Gasteiger partial charge on any atom is 0.331 e. The summed E-state index contributed by atoms with van der Waals surface area (Å²) in [6.45, 7) is 1.01. The largest absolute Gasteiger partial charge is 0.331 e. The predicted molar refractivity (Wildman–Crippen MR) is 95.3 cm³/mol. The van der Waals surface area contributed by atoms with E-state index < -0.39 is 0 Å². The van der Waals surface area contributed by atoms with Crippen LogP contribution in [0.1, 0.15) is 17.7 Å². The van der Waals surface area contributed by atoms with Gasteiger partial charge in [-0.05, 0) is 51.4 Å². The molecule has 5 nitrogen and oxygen atoms in total. The highest BCUT2D eigenvalue weighted by atomic mass is 19.1. The Morgan fingerprint density at radius 3 is 2.92 bits per heavy atom. The number of imidazole rings is 1. The molecule has 3 aromatic rings. The van der Waals surface area contributed by atoms with Crippen LogP contribution in [0, 0.1) is 11.7 Å². The van der Waals surface area contributed by atoms with Gasteiger partial charge in [0.25, 0.3) is 0 Å². The molecule has 2 aromatic heterocycles. The van der Waals surface area contributed by atoms with E-state index in [2.05, 4.69) is 29.0 Å². The Hall–Kier alpha value is -2.47. The maximum absolute atomic E-state index is 14.1. The summed E-state index contributed by atoms with van der Waals surface area (Å²) in [5.74, 6) is 0.201. The van der Waals surface area contributed by atoms with Gasteiger partial charge in [-0.1, -0.05) is 12.1 Å². The molecule has 0 spiro atoms. The van der Waals surface area contributed by atoms with E-state index in [-0.39, 0.29) is 11.5 Å². The highest BCUT2D eigenvalue weighted by Gasteiger charge is 2.24. The summed E-state index contributed by atoms with van der Waals surface area (Å²) in [5.41, 5.74) is 3.40. The first-order valence-corrected chi connectivity index (χ1v) is 8.55. The molecule has 0 fully saturated rings. The predicted octanol–water partition coefficient (Wildman–Crippen LogP) is 2.50. The molecule has 1 unspecified atom stereocenters. The van der Waals surface area contributed by atoms with Crippen LogP contribution in [0.25, 0.3) is 16.9 Å². The molecule has 25 heavy (non-hydrogen) atoms. The Kier molecular flexibility index (Phi) is 3.92. The van der Waals surface area contributed by atoms with Gasteiger partial charge in [-0.3, -0.25) is 4.40 Å². The monoisotopic (exact) mass is 340 g/mol. The summed E-state index contributed by atoms with van der Waals surface area (Å²) in [7, 11) is 4.15. The molecular weight excluding hydrogens is 319 g/mol. The van der Waals surface area contributed by atoms with Crippen LogP contribution in [0.15, 0.2) is 35.3 Å². The summed E-state index contributed by atoms with van der Waals surface area (Å²) in [6, 6.07) is 6.52. The highest BCUT2D eigenvalue weighted by molar-refractivity contribution is 5.65. The quantitative estimate of drug-likeness (QED) is 0.797. The van der Waals surface area contributed by atoms with Gasteiger partial charge in [0.2, 0.25) is 0 Å². The topological polar surface area (TPSA) is 53.4 Å². The van der Waals surface area contributed by atoms with Crippen molar-refractivity contribution in [2.45, 2.75) is 19.3 Å². The Balaban J connectivity index is 1.84. The SMILES string of the molecule is CN(C)CC1CCc2[nH]c(=O)n3cc(-c4ccccc4F)nc3c2C1. The van der Waals surface area contributed by atoms with E-state index in [1.807, 2.05) is 0 Å². The molecule has 1 N–H and O–H groups in total. The average molecular weight is 340 g/mol. The van der Waals surface area contributed by atoms with E-state index in [1.165, 1.54) is 10.5 Å². The second-order valence-electron chi connectivity index (χ2n) is 7.06. The zero-order valence-electron chi connectivity index (χ0n) is 14.4. The van der Waals surface area contributed by atoms with Crippen molar-refractivity contribution in [2.24, 2.45) is 5.92 Å². The molecule has 1 atom stereocenters. The smallest absolute Gasteiger partial charge is 0.311 e. The second-order valence-corrected chi connectivity index (χ2v) is 7.06. The van der Waals surface area contributed by atoms with Gasteiger partial charge in [0.15, 0.2) is 0 Å². The molecule has 130 valence electrons. The minimum Gasteiger partial charge on any atom is -0.311 e. The lowest BCUT2D eigenvalue weighted by molar-refractivity contribution is 0.301. The van der Waals surface area contributed by atoms with Gasteiger partial charge in [0.1, 0.15) is 11.5 Å². The van der Waals surface area contributed by atoms with Crippen molar-refractivity contribution in [1.29, 1.82) is 0 Å². The lowest BCUT2D eigenvalue weighted by Crippen LogP contribution is -2.30. The minimum absolute atomic E-state index is 0.213. The van der Waals surface area contributed by atoms with Crippen molar-refractivity contribution < 1.29 is 4.39 Å². The van der Waals surface area contributed by atoms with Crippen molar-refractivity contribution in [2.75, 3.05) is 20.6 Å². The summed E-state index contributed by atoms with van der Waals surface area (Å²) < 4.78 is 15.6. The molecule has 0 bridgehead atoms. The van der Waals surface area contributed by atoms with E-state index in [9.17, 15) is 9.18 Å². The molecule has 0 saturated heterocycles. The number of aryl methyl sites for hydroxylation is 1. The number of aromatic nitrogens is 3. The molecule has 1 aliphatic rings. The van der Waals surface area contributed by atoms with Crippen molar-refractivity contribution in [3.63, 3.8) is 0 Å². The number of fused-ring (bicyclic) bond motifs is 3. The molecular formula is C19H21FN4O. The fourth-order valence-electron chi connectivity index (χ4n) is 3.79. The van der Waals surface area contributed by atoms with Crippen molar-refractivity contribution in [1.82, 2.24) is 19.3 Å². The summed E-state index contributed by atoms with van der Waals surface area (Å²) in [4.78, 5) is 22.2. The number of H-pyrrole nitrogens is 1. The van der Waals surface area contributed by atoms with Crippen LogP contribution in [0.4, 0.5) is 4.39 Å². The minimum atomic E-state index is -0.332. The third-order valence-corrected chi connectivity index (χ3v) is 4.89. The van der Waals surface area contributed by atoms with Crippen LogP contribution >= 0.6 is 0 Å². The number of nitrogens with one attached hydrogen (secondary N) is 1. The zero-order valence-corrected chi connectivity index (χ0v) is 14.4. The van der Waals surface area contributed by atoms with Crippen molar-refractivity contribution >= 4 is 5.65 Å². The number of aromatic amines is 1. The van der Waals surface area contributed by atoms with E-state index in [0.717, 1.165) is 37.1 Å². The van der Waals surface area contributed by atoms with Crippen LogP contribution in [0.3, 0.4) is 0 Å². The fraction of sp³-hybridized carbons (Fsp3) is 0.368. The van der Waals surface area contributed by atoms with E-state index in [1.54, 1.807) is 24.4 Å². The average Bonchev–Trinajstić information content (AvgIpc) is 3.01. The lowest BCUT2D eigenvalue weighted by atomic mass is 9.86. The van der Waals surface area contributed by atoms with E-state index in [0.29, 0.717) is 22.8 Å². The number of hydrogen-bond acceptors (Lipinski definition) is 3. The molecule has 2 heterocycles. The Labute approximate surface area is 145 Å². The van der Waals surface area contributed by atoms with Gasteiger partial charge in [-0.15, -0.1) is 0 Å². The van der Waals surface area contributed by atoms with Crippen molar-refractivity contribution in [3.05, 3.63) is 58.0 Å². The molecule has 4 rings (SSSR count). The molecule has 0 radical (unpaired) electrons. The standard InChI is InChI=1S/C19H21FN4O/c1-23(2)10-12-7-8-16-14(9-12)18-21-17(11-24(18)19(25)22-16)13-5-3-4-6-15(13)20/h3-6,11-12H,7-10H2,1-2H3,(H,22,25). The molecule has 1 aliphatic carbocycles. The van der Waals surface area contributed by atoms with Gasteiger partial charge < -0.3 is 9.88 Å². The van der Waals surface area contributed by atoms with Gasteiger partial charge >= 0.3 is 5.69 Å².